The monoisotopic (exact) mass is 503 g/mol. The summed E-state index contributed by atoms with van der Waals surface area (Å²) in [5, 5.41) is 11.6. The second kappa shape index (κ2) is 9.13. The topological polar surface area (TPSA) is 66.4 Å². The number of fused-ring (bicyclic) bond motifs is 1. The Morgan fingerprint density at radius 2 is 1.11 bits per heavy atom. The first-order chi connectivity index (χ1) is 17.0. The lowest BCUT2D eigenvalue weighted by Crippen LogP contribution is -2.55. The minimum atomic E-state index is -3.92. The van der Waals surface area contributed by atoms with Crippen LogP contribution in [0.15, 0.2) is 65.6 Å². The standard InChI is InChI=1S/C31H37NO3S/c1-17(2)20-15-25(18(3)4)31(26(16-20)19(5)6)36(34,35)32-29-27-21-11-7-9-13-23(21)28(30(29)33)24-14-10-8-12-22(24)27/h7-19,27-30,32-33H,1-6H3/t27?,28?,29-,30+/m1/s1. The molecule has 0 unspecified atom stereocenters. The van der Waals surface area contributed by atoms with E-state index in [1.807, 2.05) is 52.0 Å². The Morgan fingerprint density at radius 3 is 1.50 bits per heavy atom. The summed E-state index contributed by atoms with van der Waals surface area (Å²) in [6.45, 7) is 12.5. The lowest BCUT2D eigenvalue weighted by molar-refractivity contribution is 0.0945. The van der Waals surface area contributed by atoms with E-state index in [0.29, 0.717) is 10.8 Å². The molecule has 0 fully saturated rings. The Labute approximate surface area is 215 Å². The van der Waals surface area contributed by atoms with Gasteiger partial charge in [-0.2, -0.15) is 0 Å². The first-order valence-corrected chi connectivity index (χ1v) is 14.6. The SMILES string of the molecule is CC(C)c1cc(C(C)C)c(S(=O)(=O)N[C@@H]2C3c4ccccc4C(c4ccccc43)[C@@H]2O)c(C(C)C)c1. The van der Waals surface area contributed by atoms with E-state index in [2.05, 4.69) is 55.0 Å². The summed E-state index contributed by atoms with van der Waals surface area (Å²) in [4.78, 5) is 0.382. The second-order valence-corrected chi connectivity index (χ2v) is 13.0. The zero-order chi connectivity index (χ0) is 25.9. The Morgan fingerprint density at radius 1 is 0.694 bits per heavy atom. The molecule has 0 radical (unpaired) electrons. The first-order valence-electron chi connectivity index (χ1n) is 13.1. The molecule has 2 atom stereocenters. The molecule has 3 aromatic carbocycles. The lowest BCUT2D eigenvalue weighted by atomic mass is 9.60. The number of rotatable bonds is 6. The number of hydrogen-bond acceptors (Lipinski definition) is 3. The number of hydrogen-bond donors (Lipinski definition) is 2. The van der Waals surface area contributed by atoms with Crippen molar-refractivity contribution in [3.05, 3.63) is 99.6 Å². The van der Waals surface area contributed by atoms with Gasteiger partial charge in [-0.15, -0.1) is 0 Å². The fourth-order valence-corrected chi connectivity index (χ4v) is 8.19. The molecule has 0 heterocycles. The summed E-state index contributed by atoms with van der Waals surface area (Å²) in [5.41, 5.74) is 7.22. The van der Waals surface area contributed by atoms with Crippen LogP contribution in [0.3, 0.4) is 0 Å². The highest BCUT2D eigenvalue weighted by Crippen LogP contribution is 2.53. The molecule has 6 rings (SSSR count). The van der Waals surface area contributed by atoms with Gasteiger partial charge < -0.3 is 5.11 Å². The van der Waals surface area contributed by atoms with Crippen molar-refractivity contribution >= 4 is 10.0 Å². The molecule has 2 bridgehead atoms. The van der Waals surface area contributed by atoms with Gasteiger partial charge in [0.25, 0.3) is 0 Å². The van der Waals surface area contributed by atoms with Crippen LogP contribution in [0.4, 0.5) is 0 Å². The van der Waals surface area contributed by atoms with Gasteiger partial charge in [-0.25, -0.2) is 13.1 Å². The Hall–Kier alpha value is -2.47. The van der Waals surface area contributed by atoms with Gasteiger partial charge in [0.1, 0.15) is 0 Å². The van der Waals surface area contributed by atoms with Crippen LogP contribution < -0.4 is 4.72 Å². The van der Waals surface area contributed by atoms with Crippen molar-refractivity contribution in [2.45, 2.75) is 88.2 Å². The molecular formula is C31H37NO3S. The Balaban J connectivity index is 1.66. The van der Waals surface area contributed by atoms with Crippen molar-refractivity contribution in [3.8, 4) is 0 Å². The number of aliphatic hydroxyl groups is 1. The van der Waals surface area contributed by atoms with E-state index in [9.17, 15) is 13.5 Å². The zero-order valence-corrected chi connectivity index (χ0v) is 22.8. The van der Waals surface area contributed by atoms with Crippen molar-refractivity contribution in [2.75, 3.05) is 0 Å². The summed E-state index contributed by atoms with van der Waals surface area (Å²) in [6.07, 6.45) is -0.852. The molecule has 190 valence electrons. The van der Waals surface area contributed by atoms with Gasteiger partial charge in [-0.1, -0.05) is 102 Å². The van der Waals surface area contributed by atoms with Crippen molar-refractivity contribution in [1.82, 2.24) is 4.72 Å². The molecule has 0 amide bonds. The minimum absolute atomic E-state index is 0.0435. The van der Waals surface area contributed by atoms with Crippen LogP contribution in [-0.4, -0.2) is 25.7 Å². The van der Waals surface area contributed by atoms with E-state index in [0.717, 1.165) is 38.9 Å². The van der Waals surface area contributed by atoms with Crippen LogP contribution in [-0.2, 0) is 10.0 Å². The number of sulfonamides is 1. The van der Waals surface area contributed by atoms with Gasteiger partial charge in [0, 0.05) is 11.8 Å². The molecule has 3 aromatic rings. The third-order valence-electron chi connectivity index (χ3n) is 8.04. The van der Waals surface area contributed by atoms with Crippen LogP contribution in [0.5, 0.6) is 0 Å². The summed E-state index contributed by atoms with van der Waals surface area (Å²) in [5.74, 6) is -0.114. The predicted molar refractivity (Wildman–Crippen MR) is 145 cm³/mol. The molecule has 5 heteroatoms. The molecule has 3 aliphatic rings. The molecule has 3 aliphatic carbocycles. The van der Waals surface area contributed by atoms with E-state index in [1.165, 1.54) is 0 Å². The highest BCUT2D eigenvalue weighted by molar-refractivity contribution is 7.89. The van der Waals surface area contributed by atoms with Crippen LogP contribution in [0, 0.1) is 0 Å². The van der Waals surface area contributed by atoms with Crippen LogP contribution in [0.1, 0.15) is 110 Å². The second-order valence-electron chi connectivity index (χ2n) is 11.3. The van der Waals surface area contributed by atoms with Gasteiger partial charge in [0.15, 0.2) is 0 Å². The quantitative estimate of drug-likeness (QED) is 0.412. The van der Waals surface area contributed by atoms with Gasteiger partial charge in [0.2, 0.25) is 10.0 Å². The van der Waals surface area contributed by atoms with Crippen LogP contribution >= 0.6 is 0 Å². The zero-order valence-electron chi connectivity index (χ0n) is 22.0. The first kappa shape index (κ1) is 25.2. The lowest BCUT2D eigenvalue weighted by Gasteiger charge is -2.48. The molecule has 0 aliphatic heterocycles. The Kier molecular flexibility index (Phi) is 6.39. The predicted octanol–water partition coefficient (Wildman–Crippen LogP) is 6.36. The van der Waals surface area contributed by atoms with Crippen molar-refractivity contribution in [3.63, 3.8) is 0 Å². The summed E-state index contributed by atoms with van der Waals surface area (Å²) in [6, 6.07) is 19.7. The molecule has 2 N–H and O–H groups in total. The van der Waals surface area contributed by atoms with E-state index in [4.69, 9.17) is 0 Å². The van der Waals surface area contributed by atoms with Gasteiger partial charge >= 0.3 is 0 Å². The van der Waals surface area contributed by atoms with E-state index >= 15 is 0 Å². The highest BCUT2D eigenvalue weighted by atomic mass is 32.2. The maximum Gasteiger partial charge on any atom is 0.241 e. The molecule has 0 spiro atoms. The minimum Gasteiger partial charge on any atom is -0.390 e. The smallest absolute Gasteiger partial charge is 0.241 e. The Bertz CT molecular complexity index is 1330. The summed E-state index contributed by atoms with van der Waals surface area (Å²) < 4.78 is 31.5. The normalized spacial score (nSPS) is 22.8. The van der Waals surface area contributed by atoms with E-state index < -0.39 is 22.2 Å². The van der Waals surface area contributed by atoms with Crippen LogP contribution in [0.25, 0.3) is 0 Å². The van der Waals surface area contributed by atoms with E-state index in [-0.39, 0.29) is 23.7 Å². The number of benzene rings is 3. The molecule has 0 saturated carbocycles. The van der Waals surface area contributed by atoms with Gasteiger partial charge in [-0.3, -0.25) is 0 Å². The molecular weight excluding hydrogens is 466 g/mol. The average molecular weight is 504 g/mol. The maximum atomic E-state index is 14.3. The number of nitrogens with one attached hydrogen (secondary N) is 1. The average Bonchev–Trinajstić information content (AvgIpc) is 2.84. The largest absolute Gasteiger partial charge is 0.390 e. The summed E-state index contributed by atoms with van der Waals surface area (Å²) in [7, 11) is -3.92. The maximum absolute atomic E-state index is 14.3. The third kappa shape index (κ3) is 3.93. The molecule has 0 saturated heterocycles. The van der Waals surface area contributed by atoms with E-state index in [1.54, 1.807) is 0 Å². The third-order valence-corrected chi connectivity index (χ3v) is 9.63. The summed E-state index contributed by atoms with van der Waals surface area (Å²) >= 11 is 0. The molecule has 4 nitrogen and oxygen atoms in total. The highest BCUT2D eigenvalue weighted by Gasteiger charge is 2.50. The fourth-order valence-electron chi connectivity index (χ4n) is 6.22. The van der Waals surface area contributed by atoms with Crippen molar-refractivity contribution in [2.24, 2.45) is 0 Å². The number of aliphatic hydroxyl groups excluding tert-OH is 1. The van der Waals surface area contributed by atoms with Crippen LogP contribution in [0.2, 0.25) is 0 Å². The van der Waals surface area contributed by atoms with Crippen molar-refractivity contribution < 1.29 is 13.5 Å². The van der Waals surface area contributed by atoms with Crippen molar-refractivity contribution in [1.29, 1.82) is 0 Å². The fraction of sp³-hybridized carbons (Fsp3) is 0.419. The van der Waals surface area contributed by atoms with Gasteiger partial charge in [0.05, 0.1) is 17.0 Å². The van der Waals surface area contributed by atoms with Gasteiger partial charge in [-0.05, 0) is 56.7 Å². The molecule has 36 heavy (non-hydrogen) atoms. The molecule has 0 aromatic heterocycles.